The average molecular weight is 425 g/mol. The van der Waals surface area contributed by atoms with Crippen LogP contribution in [0.2, 0.25) is 15.1 Å². The van der Waals surface area contributed by atoms with Crippen molar-refractivity contribution in [3.8, 4) is 11.3 Å². The molecule has 0 unspecified atom stereocenters. The molecule has 0 aliphatic rings. The first kappa shape index (κ1) is 19.5. The van der Waals surface area contributed by atoms with E-state index in [9.17, 15) is 4.79 Å². The maximum absolute atomic E-state index is 12.0. The van der Waals surface area contributed by atoms with E-state index in [0.29, 0.717) is 38.8 Å². The molecule has 5 nitrogen and oxygen atoms in total. The molecule has 3 aromatic rings. The first-order valence-electron chi connectivity index (χ1n) is 8.13. The van der Waals surface area contributed by atoms with Crippen LogP contribution >= 0.6 is 34.8 Å². The highest BCUT2D eigenvalue weighted by Gasteiger charge is 2.11. The zero-order chi connectivity index (χ0) is 19.4. The molecule has 2 N–H and O–H groups in total. The molecular weight excluding hydrogens is 409 g/mol. The van der Waals surface area contributed by atoms with Gasteiger partial charge in [0, 0.05) is 23.4 Å². The van der Waals surface area contributed by atoms with Crippen molar-refractivity contribution in [1.82, 2.24) is 10.4 Å². The summed E-state index contributed by atoms with van der Waals surface area (Å²) in [4.78, 5) is 16.3. The zero-order valence-corrected chi connectivity index (χ0v) is 16.6. The lowest BCUT2D eigenvalue weighted by Crippen LogP contribution is -2.29. The molecule has 3 rings (SSSR count). The molecule has 0 saturated heterocycles. The molecule has 0 aliphatic carbocycles. The Labute approximate surface area is 171 Å². The molecule has 0 aliphatic heterocycles. The number of nitrogens with zero attached hydrogens (tertiary/aromatic N) is 1. The van der Waals surface area contributed by atoms with Crippen LogP contribution in [0.25, 0.3) is 11.3 Å². The number of oxazole rings is 1. The Morgan fingerprint density at radius 2 is 1.78 bits per heavy atom. The number of anilines is 1. The predicted molar refractivity (Wildman–Crippen MR) is 108 cm³/mol. The van der Waals surface area contributed by atoms with Gasteiger partial charge < -0.3 is 4.42 Å². The summed E-state index contributed by atoms with van der Waals surface area (Å²) in [5.41, 5.74) is 7.75. The minimum absolute atomic E-state index is 0.184. The van der Waals surface area contributed by atoms with E-state index in [2.05, 4.69) is 15.8 Å². The molecular formula is C19H16Cl3N3O2. The number of rotatable bonds is 6. The van der Waals surface area contributed by atoms with Gasteiger partial charge in [0.25, 0.3) is 0 Å². The summed E-state index contributed by atoms with van der Waals surface area (Å²) in [7, 11) is 0. The van der Waals surface area contributed by atoms with Gasteiger partial charge in [-0.3, -0.25) is 15.6 Å². The first-order chi connectivity index (χ1) is 12.9. The highest BCUT2D eigenvalue weighted by Crippen LogP contribution is 2.33. The van der Waals surface area contributed by atoms with Gasteiger partial charge in [0.2, 0.25) is 5.91 Å². The summed E-state index contributed by atoms with van der Waals surface area (Å²) in [6.07, 6.45) is 2.20. The first-order valence-corrected chi connectivity index (χ1v) is 9.27. The normalized spacial score (nSPS) is 10.7. The van der Waals surface area contributed by atoms with E-state index in [4.69, 9.17) is 39.2 Å². The number of aromatic nitrogens is 1. The quantitative estimate of drug-likeness (QED) is 0.499. The van der Waals surface area contributed by atoms with E-state index in [1.54, 1.807) is 6.20 Å². The summed E-state index contributed by atoms with van der Waals surface area (Å²) < 4.78 is 5.71. The summed E-state index contributed by atoms with van der Waals surface area (Å²) in [6.45, 7) is 2.02. The molecule has 1 aromatic heterocycles. The van der Waals surface area contributed by atoms with Gasteiger partial charge in [-0.2, -0.15) is 0 Å². The van der Waals surface area contributed by atoms with Crippen LogP contribution in [0.3, 0.4) is 0 Å². The molecule has 2 aromatic carbocycles. The molecule has 1 amide bonds. The van der Waals surface area contributed by atoms with E-state index in [0.717, 1.165) is 5.56 Å². The molecule has 8 heteroatoms. The van der Waals surface area contributed by atoms with Gasteiger partial charge >= 0.3 is 0 Å². The van der Waals surface area contributed by atoms with Crippen LogP contribution < -0.4 is 10.9 Å². The minimum atomic E-state index is -0.257. The van der Waals surface area contributed by atoms with Crippen LogP contribution in [-0.4, -0.2) is 10.9 Å². The highest BCUT2D eigenvalue weighted by atomic mass is 35.5. The van der Waals surface area contributed by atoms with Gasteiger partial charge in [0.05, 0.1) is 21.9 Å². The van der Waals surface area contributed by atoms with Gasteiger partial charge in [0.15, 0.2) is 11.7 Å². The minimum Gasteiger partial charge on any atom is -0.441 e. The van der Waals surface area contributed by atoms with Crippen molar-refractivity contribution in [2.24, 2.45) is 0 Å². The lowest BCUT2D eigenvalue weighted by Gasteiger charge is -2.11. The molecule has 0 radical (unpaired) electrons. The third-order valence-electron chi connectivity index (χ3n) is 3.79. The Morgan fingerprint density at radius 3 is 2.44 bits per heavy atom. The molecule has 0 saturated carbocycles. The molecule has 0 spiro atoms. The van der Waals surface area contributed by atoms with Crippen molar-refractivity contribution < 1.29 is 9.21 Å². The Morgan fingerprint density at radius 1 is 1.11 bits per heavy atom. The van der Waals surface area contributed by atoms with E-state index in [-0.39, 0.29) is 12.3 Å². The number of benzene rings is 2. The van der Waals surface area contributed by atoms with E-state index < -0.39 is 0 Å². The summed E-state index contributed by atoms with van der Waals surface area (Å²) in [5, 5.41) is 1.03. The van der Waals surface area contributed by atoms with E-state index in [1.165, 1.54) is 17.7 Å². The number of hydrogen-bond donors (Lipinski definition) is 2. The number of hydrogen-bond acceptors (Lipinski definition) is 4. The van der Waals surface area contributed by atoms with Gasteiger partial charge in [-0.25, -0.2) is 4.98 Å². The molecule has 1 heterocycles. The number of hydrazine groups is 1. The van der Waals surface area contributed by atoms with Crippen LogP contribution in [-0.2, 0) is 11.2 Å². The van der Waals surface area contributed by atoms with Gasteiger partial charge in [-0.15, -0.1) is 0 Å². The van der Waals surface area contributed by atoms with E-state index >= 15 is 0 Å². The Hall–Kier alpha value is -2.21. The fourth-order valence-electron chi connectivity index (χ4n) is 2.35. The number of halogens is 3. The van der Waals surface area contributed by atoms with E-state index in [1.807, 2.05) is 31.2 Å². The second kappa shape index (κ2) is 8.65. The monoisotopic (exact) mass is 423 g/mol. The Balaban J connectivity index is 1.53. The molecule has 0 bridgehead atoms. The smallest absolute Gasteiger partial charge is 0.238 e. The number of carbonyl (C=O) groups is 1. The number of amides is 1. The van der Waals surface area contributed by atoms with Gasteiger partial charge in [-0.1, -0.05) is 64.6 Å². The Bertz CT molecular complexity index is 932. The number of nitrogens with one attached hydrogen (secondary N) is 2. The fourth-order valence-corrected chi connectivity index (χ4v) is 3.27. The number of aryl methyl sites for hydroxylation is 2. The van der Waals surface area contributed by atoms with Crippen LogP contribution in [0.1, 0.15) is 17.9 Å². The maximum Gasteiger partial charge on any atom is 0.238 e. The van der Waals surface area contributed by atoms with Crippen molar-refractivity contribution in [3.63, 3.8) is 0 Å². The van der Waals surface area contributed by atoms with Crippen molar-refractivity contribution in [3.05, 3.63) is 69.1 Å². The summed E-state index contributed by atoms with van der Waals surface area (Å²) in [6, 6.07) is 11.0. The van der Waals surface area contributed by atoms with Crippen LogP contribution in [0.15, 0.2) is 47.0 Å². The molecule has 0 fully saturated rings. The Kier molecular flexibility index (Phi) is 6.26. The van der Waals surface area contributed by atoms with Crippen molar-refractivity contribution in [2.75, 3.05) is 5.43 Å². The highest BCUT2D eigenvalue weighted by molar-refractivity contribution is 6.41. The molecule has 27 heavy (non-hydrogen) atoms. The number of carbonyl (C=O) groups excluding carboxylic acids is 1. The molecule has 0 atom stereocenters. The van der Waals surface area contributed by atoms with Crippen LogP contribution in [0, 0.1) is 6.92 Å². The summed E-state index contributed by atoms with van der Waals surface area (Å²) in [5.74, 6) is 0.902. The van der Waals surface area contributed by atoms with Crippen molar-refractivity contribution in [1.29, 1.82) is 0 Å². The third-order valence-corrected chi connectivity index (χ3v) is 4.60. The second-order valence-corrected chi connectivity index (χ2v) is 7.15. The summed E-state index contributed by atoms with van der Waals surface area (Å²) >= 11 is 18.0. The predicted octanol–water partition coefficient (Wildman–Crippen LogP) is 5.69. The zero-order valence-electron chi connectivity index (χ0n) is 14.4. The lowest BCUT2D eigenvalue weighted by molar-refractivity contribution is -0.120. The van der Waals surface area contributed by atoms with Crippen LogP contribution in [0.4, 0.5) is 5.69 Å². The topological polar surface area (TPSA) is 67.2 Å². The fraction of sp³-hybridized carbons (Fsp3) is 0.158. The second-order valence-electron chi connectivity index (χ2n) is 5.90. The van der Waals surface area contributed by atoms with Crippen molar-refractivity contribution >= 4 is 46.4 Å². The maximum atomic E-state index is 12.0. The lowest BCUT2D eigenvalue weighted by atomic mass is 10.1. The largest absolute Gasteiger partial charge is 0.441 e. The van der Waals surface area contributed by atoms with Gasteiger partial charge in [-0.05, 0) is 19.1 Å². The van der Waals surface area contributed by atoms with Crippen molar-refractivity contribution in [2.45, 2.75) is 19.8 Å². The SMILES string of the molecule is Cc1ccc(-c2cnc(CCC(=O)NNc3c(Cl)cc(Cl)cc3Cl)o2)cc1. The van der Waals surface area contributed by atoms with Crippen LogP contribution in [0.5, 0.6) is 0 Å². The molecule has 140 valence electrons. The third kappa shape index (κ3) is 5.16. The van der Waals surface area contributed by atoms with Gasteiger partial charge in [0.1, 0.15) is 0 Å². The standard InChI is InChI=1S/C19H16Cl3N3O2/c1-11-2-4-12(5-3-11)16-10-23-18(27-16)7-6-17(26)24-25-19-14(21)8-13(20)9-15(19)22/h2-5,8-10,25H,6-7H2,1H3,(H,24,26). The average Bonchev–Trinajstić information content (AvgIpc) is 3.08.